The normalized spacial score (nSPS) is 10.9. The second kappa shape index (κ2) is 4.69. The highest BCUT2D eigenvalue weighted by Gasteiger charge is 2.06. The van der Waals surface area contributed by atoms with Crippen LogP contribution in [0.5, 0.6) is 0 Å². The molecule has 0 aliphatic carbocycles. The van der Waals surface area contributed by atoms with Crippen molar-refractivity contribution in [3.63, 3.8) is 0 Å². The molecule has 0 aromatic heterocycles. The van der Waals surface area contributed by atoms with Crippen molar-refractivity contribution in [3.05, 3.63) is 54.1 Å². The molecule has 2 aromatic carbocycles. The molecular weight excluding hydrogens is 224 g/mol. The lowest BCUT2D eigenvalue weighted by Gasteiger charge is -1.97. The number of hydrogen-bond acceptors (Lipinski definition) is 3. The molecule has 2 aromatic rings. The second-order valence-electron chi connectivity index (χ2n) is 3.36. The first-order chi connectivity index (χ1) is 8.16. The van der Waals surface area contributed by atoms with Crippen LogP contribution in [0.4, 0.5) is 25.8 Å². The molecule has 0 atom stereocenters. The van der Waals surface area contributed by atoms with E-state index >= 15 is 0 Å². The molecule has 0 fully saturated rings. The fraction of sp³-hybridized carbons (Fsp3) is 0. The Morgan fingerprint density at radius 1 is 0.824 bits per heavy atom. The van der Waals surface area contributed by atoms with Crippen LogP contribution in [0.2, 0.25) is 0 Å². The zero-order chi connectivity index (χ0) is 12.3. The Balaban J connectivity index is 2.29. The van der Waals surface area contributed by atoms with E-state index in [1.54, 1.807) is 24.3 Å². The van der Waals surface area contributed by atoms with E-state index in [0.29, 0.717) is 11.4 Å². The van der Waals surface area contributed by atoms with Crippen LogP contribution < -0.4 is 5.73 Å². The zero-order valence-electron chi connectivity index (χ0n) is 8.77. The predicted molar refractivity (Wildman–Crippen MR) is 61.4 cm³/mol. The summed E-state index contributed by atoms with van der Waals surface area (Å²) in [5.41, 5.74) is 6.15. The molecule has 0 aliphatic rings. The maximum atomic E-state index is 13.2. The van der Waals surface area contributed by atoms with Crippen LogP contribution in [0, 0.1) is 11.6 Å². The van der Waals surface area contributed by atoms with E-state index in [-0.39, 0.29) is 0 Å². The van der Waals surface area contributed by atoms with E-state index in [1.807, 2.05) is 0 Å². The first kappa shape index (κ1) is 11.2. The summed E-state index contributed by atoms with van der Waals surface area (Å²) in [5.74, 6) is -1.49. The summed E-state index contributed by atoms with van der Waals surface area (Å²) in [6, 6.07) is 10.0. The van der Waals surface area contributed by atoms with Crippen molar-refractivity contribution >= 4 is 17.1 Å². The third-order valence-corrected chi connectivity index (χ3v) is 2.10. The van der Waals surface area contributed by atoms with E-state index in [9.17, 15) is 8.78 Å². The first-order valence-corrected chi connectivity index (χ1v) is 4.88. The Kier molecular flexibility index (Phi) is 3.09. The Morgan fingerprint density at radius 3 is 2.00 bits per heavy atom. The molecule has 0 saturated heterocycles. The number of azo groups is 1. The molecule has 0 unspecified atom stereocenters. The first-order valence-electron chi connectivity index (χ1n) is 4.88. The van der Waals surface area contributed by atoms with Crippen LogP contribution in [0.1, 0.15) is 0 Å². The van der Waals surface area contributed by atoms with Crippen molar-refractivity contribution < 1.29 is 8.78 Å². The van der Waals surface area contributed by atoms with Gasteiger partial charge in [0, 0.05) is 5.69 Å². The number of halogens is 2. The van der Waals surface area contributed by atoms with Crippen LogP contribution in [-0.2, 0) is 0 Å². The third kappa shape index (κ3) is 2.63. The second-order valence-corrected chi connectivity index (χ2v) is 3.36. The largest absolute Gasteiger partial charge is 0.399 e. The molecule has 86 valence electrons. The minimum atomic E-state index is -0.746. The minimum Gasteiger partial charge on any atom is -0.399 e. The number of nitrogens with two attached hydrogens (primary N) is 1. The number of anilines is 1. The van der Waals surface area contributed by atoms with Crippen molar-refractivity contribution in [1.29, 1.82) is 0 Å². The van der Waals surface area contributed by atoms with Gasteiger partial charge in [-0.15, -0.1) is 5.11 Å². The Labute approximate surface area is 96.6 Å². The molecular formula is C12H9F2N3. The van der Waals surface area contributed by atoms with Crippen LogP contribution >= 0.6 is 0 Å². The highest BCUT2D eigenvalue weighted by molar-refractivity contribution is 5.48. The molecule has 2 N–H and O–H groups in total. The number of hydrogen-bond donors (Lipinski definition) is 1. The number of nitrogens with zero attached hydrogens (tertiary/aromatic N) is 2. The lowest BCUT2D eigenvalue weighted by molar-refractivity contribution is 0.585. The summed E-state index contributed by atoms with van der Waals surface area (Å²) < 4.78 is 26.4. The molecule has 0 amide bonds. The van der Waals surface area contributed by atoms with Crippen molar-refractivity contribution in [3.8, 4) is 0 Å². The molecule has 0 heterocycles. The Hall–Kier alpha value is -2.30. The zero-order valence-corrected chi connectivity index (χ0v) is 8.77. The monoisotopic (exact) mass is 233 g/mol. The van der Waals surface area contributed by atoms with E-state index in [4.69, 9.17) is 5.73 Å². The fourth-order valence-corrected chi connectivity index (χ4v) is 1.23. The van der Waals surface area contributed by atoms with Crippen molar-refractivity contribution in [2.45, 2.75) is 0 Å². The summed E-state index contributed by atoms with van der Waals surface area (Å²) in [6.45, 7) is 0. The van der Waals surface area contributed by atoms with Gasteiger partial charge in [-0.25, -0.2) is 8.78 Å². The summed E-state index contributed by atoms with van der Waals surface area (Å²) in [7, 11) is 0. The van der Waals surface area contributed by atoms with Crippen LogP contribution in [0.15, 0.2) is 52.7 Å². The number of benzene rings is 2. The minimum absolute atomic E-state index is 0.399. The van der Waals surface area contributed by atoms with Crippen LogP contribution in [-0.4, -0.2) is 0 Å². The lowest BCUT2D eigenvalue weighted by atomic mass is 10.3. The average molecular weight is 233 g/mol. The van der Waals surface area contributed by atoms with Gasteiger partial charge in [-0.05, 0) is 36.4 Å². The highest BCUT2D eigenvalue weighted by Crippen LogP contribution is 2.24. The summed E-state index contributed by atoms with van der Waals surface area (Å²) in [4.78, 5) is 0. The molecule has 0 saturated carbocycles. The van der Waals surface area contributed by atoms with Crippen molar-refractivity contribution in [2.75, 3.05) is 5.73 Å². The number of nitrogen functional groups attached to an aromatic ring is 1. The maximum Gasteiger partial charge on any atom is 0.157 e. The summed E-state index contributed by atoms with van der Waals surface area (Å²) in [5, 5.41) is 7.27. The van der Waals surface area contributed by atoms with Gasteiger partial charge in [0.1, 0.15) is 0 Å². The molecule has 0 bridgehead atoms. The topological polar surface area (TPSA) is 50.7 Å². The van der Waals surface area contributed by atoms with E-state index in [2.05, 4.69) is 10.2 Å². The smallest absolute Gasteiger partial charge is 0.157 e. The maximum absolute atomic E-state index is 13.2. The van der Waals surface area contributed by atoms with E-state index in [1.165, 1.54) is 6.07 Å². The van der Waals surface area contributed by atoms with Gasteiger partial charge >= 0.3 is 0 Å². The molecule has 2 rings (SSSR count). The standard InChI is InChI=1S/C12H9F2N3/c13-10-2-1-3-11(14)12(10)17-16-9-6-4-8(15)5-7-9/h1-7H,15H2. The van der Waals surface area contributed by atoms with Gasteiger partial charge in [0.15, 0.2) is 17.3 Å². The van der Waals surface area contributed by atoms with Gasteiger partial charge in [0.2, 0.25) is 0 Å². The molecule has 0 aliphatic heterocycles. The third-order valence-electron chi connectivity index (χ3n) is 2.10. The van der Waals surface area contributed by atoms with E-state index < -0.39 is 17.3 Å². The van der Waals surface area contributed by atoms with Gasteiger partial charge < -0.3 is 5.73 Å². The Morgan fingerprint density at radius 2 is 1.41 bits per heavy atom. The van der Waals surface area contributed by atoms with Gasteiger partial charge in [-0.2, -0.15) is 5.11 Å². The van der Waals surface area contributed by atoms with Gasteiger partial charge in [-0.3, -0.25) is 0 Å². The van der Waals surface area contributed by atoms with Crippen LogP contribution in [0.3, 0.4) is 0 Å². The van der Waals surface area contributed by atoms with Crippen molar-refractivity contribution in [1.82, 2.24) is 0 Å². The molecule has 5 heteroatoms. The van der Waals surface area contributed by atoms with Gasteiger partial charge in [0.25, 0.3) is 0 Å². The fourth-order valence-electron chi connectivity index (χ4n) is 1.23. The quantitative estimate of drug-likeness (QED) is 0.619. The number of rotatable bonds is 2. The van der Waals surface area contributed by atoms with Crippen LogP contribution in [0.25, 0.3) is 0 Å². The highest BCUT2D eigenvalue weighted by atomic mass is 19.1. The lowest BCUT2D eigenvalue weighted by Crippen LogP contribution is -1.81. The van der Waals surface area contributed by atoms with Gasteiger partial charge in [0.05, 0.1) is 5.69 Å². The Bertz CT molecular complexity index is 530. The average Bonchev–Trinajstić information content (AvgIpc) is 2.31. The summed E-state index contributed by atoms with van der Waals surface area (Å²) >= 11 is 0. The van der Waals surface area contributed by atoms with Crippen molar-refractivity contribution in [2.24, 2.45) is 10.2 Å². The SMILES string of the molecule is Nc1ccc(N=Nc2c(F)cccc2F)cc1. The molecule has 3 nitrogen and oxygen atoms in total. The summed E-state index contributed by atoms with van der Waals surface area (Å²) in [6.07, 6.45) is 0. The molecule has 0 radical (unpaired) electrons. The van der Waals surface area contributed by atoms with Gasteiger partial charge in [-0.1, -0.05) is 6.07 Å². The van der Waals surface area contributed by atoms with E-state index in [0.717, 1.165) is 12.1 Å². The molecule has 0 spiro atoms. The molecule has 17 heavy (non-hydrogen) atoms. The predicted octanol–water partition coefficient (Wildman–Crippen LogP) is 3.96.